The van der Waals surface area contributed by atoms with Gasteiger partial charge in [-0.15, -0.1) is 0 Å². The van der Waals surface area contributed by atoms with Crippen LogP contribution in [0.15, 0.2) is 30.3 Å². The fraction of sp³-hybridized carbons (Fsp3) is 0.133. The van der Waals surface area contributed by atoms with Crippen LogP contribution in [0.5, 0.6) is 11.5 Å². The van der Waals surface area contributed by atoms with Crippen molar-refractivity contribution < 1.29 is 44.1 Å². The van der Waals surface area contributed by atoms with E-state index in [0.29, 0.717) is 12.1 Å². The molecule has 2 aromatic rings. The van der Waals surface area contributed by atoms with Gasteiger partial charge in [0.1, 0.15) is 0 Å². The van der Waals surface area contributed by atoms with E-state index in [1.807, 2.05) is 0 Å². The second kappa shape index (κ2) is 7.74. The minimum atomic E-state index is -5.65. The number of amides is 1. The Morgan fingerprint density at radius 3 is 2.32 bits per heavy atom. The predicted octanol–water partition coefficient (Wildman–Crippen LogP) is 1.69. The molecule has 1 amide bonds. The molecule has 28 heavy (non-hydrogen) atoms. The second-order valence-electron chi connectivity index (χ2n) is 5.43. The van der Waals surface area contributed by atoms with Crippen LogP contribution in [0, 0.1) is 5.82 Å². The zero-order valence-electron chi connectivity index (χ0n) is 13.9. The fourth-order valence-electron chi connectivity index (χ4n) is 2.23. The third-order valence-electron chi connectivity index (χ3n) is 3.14. The molecule has 0 saturated heterocycles. The number of aromatic hydroxyl groups is 1. The molecule has 8 nitrogen and oxygen atoms in total. The number of hydrogen-bond acceptors (Lipinski definition) is 5. The first-order valence-corrected chi connectivity index (χ1v) is 10.7. The number of nitrogens with one attached hydrogen (secondary N) is 2. The summed E-state index contributed by atoms with van der Waals surface area (Å²) < 4.78 is 83.6. The molecule has 0 aliphatic carbocycles. The molecule has 0 fully saturated rings. The number of carbonyl (C=O) groups excluding carboxylic acids is 1. The molecular formula is C15H13AsF4N2O6. The van der Waals surface area contributed by atoms with Gasteiger partial charge in [-0.25, -0.2) is 0 Å². The quantitative estimate of drug-likeness (QED) is 0.334. The Hall–Kier alpha value is -2.69. The zero-order valence-corrected chi connectivity index (χ0v) is 15.8. The van der Waals surface area contributed by atoms with Crippen molar-refractivity contribution >= 4 is 41.5 Å². The van der Waals surface area contributed by atoms with Crippen LogP contribution in [0.25, 0.3) is 0 Å². The van der Waals surface area contributed by atoms with E-state index >= 15 is 0 Å². The van der Waals surface area contributed by atoms with Gasteiger partial charge in [0, 0.05) is 0 Å². The normalized spacial score (nSPS) is 11.8. The minimum absolute atomic E-state index is 0.0569. The van der Waals surface area contributed by atoms with E-state index in [1.165, 1.54) is 0 Å². The number of benzene rings is 2. The molecule has 0 aliphatic heterocycles. The van der Waals surface area contributed by atoms with Gasteiger partial charge in [0.25, 0.3) is 0 Å². The third-order valence-corrected chi connectivity index (χ3v) is 5.35. The Morgan fingerprint density at radius 2 is 1.79 bits per heavy atom. The van der Waals surface area contributed by atoms with E-state index in [-0.39, 0.29) is 11.4 Å². The van der Waals surface area contributed by atoms with E-state index in [2.05, 4.69) is 15.4 Å². The van der Waals surface area contributed by atoms with Gasteiger partial charge in [-0.2, -0.15) is 0 Å². The molecule has 2 aromatic carbocycles. The monoisotopic (exact) mass is 468 g/mol. The van der Waals surface area contributed by atoms with Crippen molar-refractivity contribution in [3.8, 4) is 11.5 Å². The van der Waals surface area contributed by atoms with Gasteiger partial charge < -0.3 is 0 Å². The van der Waals surface area contributed by atoms with Gasteiger partial charge >= 0.3 is 157 Å². The Kier molecular flexibility index (Phi) is 5.97. The summed E-state index contributed by atoms with van der Waals surface area (Å²) in [5.74, 6) is -3.93. The summed E-state index contributed by atoms with van der Waals surface area (Å²) in [4.78, 5) is 11.3. The van der Waals surface area contributed by atoms with Crippen LogP contribution in [-0.2, 0) is 8.53 Å². The topological polar surface area (TPSA) is 128 Å². The average molecular weight is 468 g/mol. The van der Waals surface area contributed by atoms with Crippen molar-refractivity contribution in [3.05, 3.63) is 36.1 Å². The van der Waals surface area contributed by atoms with Crippen molar-refractivity contribution in [1.82, 2.24) is 0 Å². The Morgan fingerprint density at radius 1 is 1.14 bits per heavy atom. The summed E-state index contributed by atoms with van der Waals surface area (Å²) >= 11 is -5.65. The van der Waals surface area contributed by atoms with Gasteiger partial charge in [-0.3, -0.25) is 0 Å². The van der Waals surface area contributed by atoms with E-state index in [9.17, 15) is 39.4 Å². The number of rotatable bonds is 5. The van der Waals surface area contributed by atoms with Crippen molar-refractivity contribution in [3.63, 3.8) is 0 Å². The summed E-state index contributed by atoms with van der Waals surface area (Å²) in [6.45, 7) is 1.06. The standard InChI is InChI=1S/C15H13AsF4N2O6/c1-7(23)21-11-4-9(5-12(24)14(11)16(25,26)27)22-8-2-3-10(17)13(6-8)28-15(18,19)20/h2-6,22,24H,1H3,(H,21,23)(H2,25,26,27). The Bertz CT molecular complexity index is 960. The maximum atomic E-state index is 13.5. The number of hydrogen-bond donors (Lipinski definition) is 5. The number of halogens is 4. The van der Waals surface area contributed by atoms with E-state index in [1.54, 1.807) is 0 Å². The molecule has 0 aromatic heterocycles. The number of alkyl halides is 3. The summed E-state index contributed by atoms with van der Waals surface area (Å²) in [7, 11) is 0. The molecule has 0 saturated carbocycles. The summed E-state index contributed by atoms with van der Waals surface area (Å²) in [5.41, 5.74) is -0.544. The Balaban J connectivity index is 2.44. The molecule has 0 unspecified atom stereocenters. The van der Waals surface area contributed by atoms with Crippen LogP contribution in [0.2, 0.25) is 0 Å². The average Bonchev–Trinajstić information content (AvgIpc) is 2.46. The third kappa shape index (κ3) is 5.65. The molecule has 0 aliphatic rings. The summed E-state index contributed by atoms with van der Waals surface area (Å²) in [6.07, 6.45) is -5.12. The number of anilines is 3. The summed E-state index contributed by atoms with van der Waals surface area (Å²) in [5, 5.41) is 14.6. The molecule has 5 N–H and O–H groups in total. The molecule has 0 atom stereocenters. The second-order valence-corrected chi connectivity index (χ2v) is 8.66. The van der Waals surface area contributed by atoms with Crippen LogP contribution in [0.4, 0.5) is 34.6 Å². The fourth-order valence-corrected chi connectivity index (χ4v) is 3.91. The summed E-state index contributed by atoms with van der Waals surface area (Å²) in [6, 6.07) is 4.39. The molecule has 0 bridgehead atoms. The molecule has 13 heteroatoms. The molecule has 2 rings (SSSR count). The SMILES string of the molecule is CC(=O)Nc1cc(Nc2ccc(F)c(OC(F)(F)F)c2)cc(O)c1[As](=O)(O)O. The van der Waals surface area contributed by atoms with Crippen LogP contribution >= 0.6 is 0 Å². The van der Waals surface area contributed by atoms with Gasteiger partial charge in [-0.1, -0.05) is 0 Å². The predicted molar refractivity (Wildman–Crippen MR) is 89.3 cm³/mol. The van der Waals surface area contributed by atoms with Crippen LogP contribution in [0.1, 0.15) is 6.92 Å². The van der Waals surface area contributed by atoms with Crippen molar-refractivity contribution in [2.24, 2.45) is 0 Å². The molecule has 0 radical (unpaired) electrons. The van der Waals surface area contributed by atoms with Gasteiger partial charge in [-0.05, 0) is 0 Å². The molecule has 0 heterocycles. The number of phenolic OH excluding ortho intramolecular Hbond substituents is 1. The van der Waals surface area contributed by atoms with Crippen molar-refractivity contribution in [2.75, 3.05) is 10.6 Å². The zero-order chi connectivity index (χ0) is 21.3. The Labute approximate surface area is 157 Å². The van der Waals surface area contributed by atoms with Gasteiger partial charge in [0.05, 0.1) is 0 Å². The van der Waals surface area contributed by atoms with Crippen LogP contribution in [0.3, 0.4) is 0 Å². The molecular weight excluding hydrogens is 455 g/mol. The van der Waals surface area contributed by atoms with Gasteiger partial charge in [0.2, 0.25) is 0 Å². The first-order chi connectivity index (χ1) is 12.8. The van der Waals surface area contributed by atoms with Crippen LogP contribution in [-0.4, -0.2) is 39.7 Å². The van der Waals surface area contributed by atoms with Gasteiger partial charge in [0.15, 0.2) is 0 Å². The number of phenols is 1. The maximum absolute atomic E-state index is 13.5. The van der Waals surface area contributed by atoms with Crippen molar-refractivity contribution in [2.45, 2.75) is 13.3 Å². The van der Waals surface area contributed by atoms with Crippen molar-refractivity contribution in [1.29, 1.82) is 0 Å². The van der Waals surface area contributed by atoms with E-state index < -0.39 is 53.8 Å². The molecule has 0 spiro atoms. The van der Waals surface area contributed by atoms with E-state index in [4.69, 9.17) is 0 Å². The molecule has 152 valence electrons. The van der Waals surface area contributed by atoms with E-state index in [0.717, 1.165) is 25.1 Å². The number of ether oxygens (including phenoxy) is 1. The number of carbonyl (C=O) groups is 1. The first-order valence-electron chi connectivity index (χ1n) is 7.29. The first kappa shape index (κ1) is 21.6. The van der Waals surface area contributed by atoms with Crippen LogP contribution < -0.4 is 19.7 Å².